The van der Waals surface area contributed by atoms with Gasteiger partial charge in [-0.2, -0.15) is 0 Å². The first-order chi connectivity index (χ1) is 9.56. The minimum atomic E-state index is -0.380. The van der Waals surface area contributed by atoms with Crippen molar-refractivity contribution in [2.24, 2.45) is 16.8 Å². The van der Waals surface area contributed by atoms with Crippen LogP contribution in [0.5, 0.6) is 5.75 Å². The number of anilines is 1. The highest BCUT2D eigenvalue weighted by Crippen LogP contribution is 2.30. The maximum atomic E-state index is 10.0. The molecule has 1 aromatic carbocycles. The van der Waals surface area contributed by atoms with Gasteiger partial charge in [-0.05, 0) is 24.5 Å². The summed E-state index contributed by atoms with van der Waals surface area (Å²) >= 11 is 0. The zero-order chi connectivity index (χ0) is 14.7. The molecule has 6 heteroatoms. The van der Waals surface area contributed by atoms with Gasteiger partial charge in [0.05, 0.1) is 18.9 Å². The van der Waals surface area contributed by atoms with E-state index in [1.54, 1.807) is 19.2 Å². The molecule has 110 valence electrons. The molecule has 0 radical (unpaired) electrons. The summed E-state index contributed by atoms with van der Waals surface area (Å²) in [4.78, 5) is 2.04. The summed E-state index contributed by atoms with van der Waals surface area (Å²) in [5, 5.41) is 22.0. The molecule has 1 heterocycles. The number of hydrogen-bond acceptors (Lipinski definition) is 5. The number of oxime groups is 1. The fourth-order valence-electron chi connectivity index (χ4n) is 2.44. The second kappa shape index (κ2) is 6.00. The Kier molecular flexibility index (Phi) is 4.34. The molecule has 0 bridgehead atoms. The summed E-state index contributed by atoms with van der Waals surface area (Å²) in [6.07, 6.45) is 0.517. The molecular formula is C14H21N3O3. The van der Waals surface area contributed by atoms with Gasteiger partial charge in [-0.1, -0.05) is 12.1 Å². The smallest absolute Gasteiger partial charge is 0.172 e. The predicted molar refractivity (Wildman–Crippen MR) is 77.5 cm³/mol. The Morgan fingerprint density at radius 3 is 2.85 bits per heavy atom. The molecule has 4 N–H and O–H groups in total. The quantitative estimate of drug-likeness (QED) is 0.332. The van der Waals surface area contributed by atoms with Crippen molar-refractivity contribution in [3.8, 4) is 5.75 Å². The molecule has 0 aliphatic carbocycles. The van der Waals surface area contributed by atoms with E-state index in [1.165, 1.54) is 0 Å². The standard InChI is InChI=1S/C14H21N3O3/c1-9-5-6-17(8-13(9)18)12-7-10(20-2)3-4-11(12)14(15)16-19/h3-4,7,9,13,18-19H,5-6,8H2,1-2H3,(H2,15,16). The summed E-state index contributed by atoms with van der Waals surface area (Å²) in [5.41, 5.74) is 7.17. The number of benzene rings is 1. The molecule has 1 aliphatic rings. The average Bonchev–Trinajstić information content (AvgIpc) is 2.48. The lowest BCUT2D eigenvalue weighted by Gasteiger charge is -2.36. The number of hydrogen-bond donors (Lipinski definition) is 3. The van der Waals surface area contributed by atoms with Crippen LogP contribution in [0.1, 0.15) is 18.9 Å². The lowest BCUT2D eigenvalue weighted by Crippen LogP contribution is -2.43. The first-order valence-corrected chi connectivity index (χ1v) is 6.65. The van der Waals surface area contributed by atoms with Crippen molar-refractivity contribution < 1.29 is 15.1 Å². The molecule has 2 atom stereocenters. The SMILES string of the molecule is COc1ccc(/C(N)=N/O)c(N2CCC(C)C(O)C2)c1. The Bertz CT molecular complexity index is 504. The van der Waals surface area contributed by atoms with Crippen LogP contribution in [-0.4, -0.2) is 42.5 Å². The number of aliphatic hydroxyl groups excluding tert-OH is 1. The van der Waals surface area contributed by atoms with Crippen LogP contribution in [0.25, 0.3) is 0 Å². The zero-order valence-corrected chi connectivity index (χ0v) is 11.8. The maximum absolute atomic E-state index is 10.0. The van der Waals surface area contributed by atoms with Crippen molar-refractivity contribution in [3.63, 3.8) is 0 Å². The molecule has 0 saturated carbocycles. The van der Waals surface area contributed by atoms with E-state index in [-0.39, 0.29) is 17.9 Å². The molecule has 1 aliphatic heterocycles. The van der Waals surface area contributed by atoms with Gasteiger partial charge in [0.2, 0.25) is 0 Å². The van der Waals surface area contributed by atoms with Gasteiger partial charge in [-0.3, -0.25) is 0 Å². The van der Waals surface area contributed by atoms with Gasteiger partial charge in [-0.15, -0.1) is 0 Å². The van der Waals surface area contributed by atoms with Crippen LogP contribution in [0.2, 0.25) is 0 Å². The van der Waals surface area contributed by atoms with E-state index < -0.39 is 0 Å². The van der Waals surface area contributed by atoms with Gasteiger partial charge in [-0.25, -0.2) is 0 Å². The molecule has 0 spiro atoms. The van der Waals surface area contributed by atoms with Gasteiger partial charge in [0.15, 0.2) is 5.84 Å². The van der Waals surface area contributed by atoms with Gasteiger partial charge in [0.25, 0.3) is 0 Å². The molecule has 2 unspecified atom stereocenters. The highest BCUT2D eigenvalue weighted by Gasteiger charge is 2.26. The first-order valence-electron chi connectivity index (χ1n) is 6.65. The van der Waals surface area contributed by atoms with Crippen LogP contribution in [0.3, 0.4) is 0 Å². The van der Waals surface area contributed by atoms with Gasteiger partial charge in [0, 0.05) is 24.7 Å². The highest BCUT2D eigenvalue weighted by atomic mass is 16.5. The lowest BCUT2D eigenvalue weighted by molar-refractivity contribution is 0.103. The summed E-state index contributed by atoms with van der Waals surface area (Å²) < 4.78 is 5.23. The minimum absolute atomic E-state index is 0.0516. The maximum Gasteiger partial charge on any atom is 0.172 e. The zero-order valence-electron chi connectivity index (χ0n) is 11.8. The number of nitrogens with two attached hydrogens (primary N) is 1. The number of nitrogens with zero attached hydrogens (tertiary/aromatic N) is 2. The lowest BCUT2D eigenvalue weighted by atomic mass is 9.95. The number of ether oxygens (including phenoxy) is 1. The molecular weight excluding hydrogens is 258 g/mol. The van der Waals surface area contributed by atoms with Crippen molar-refractivity contribution in [1.29, 1.82) is 0 Å². The minimum Gasteiger partial charge on any atom is -0.497 e. The third kappa shape index (κ3) is 2.80. The highest BCUT2D eigenvalue weighted by molar-refractivity contribution is 6.02. The number of amidine groups is 1. The molecule has 0 aromatic heterocycles. The number of piperidine rings is 1. The third-order valence-corrected chi connectivity index (χ3v) is 3.85. The Hall–Kier alpha value is -1.95. The van der Waals surface area contributed by atoms with E-state index >= 15 is 0 Å². The van der Waals surface area contributed by atoms with E-state index in [9.17, 15) is 5.11 Å². The molecule has 6 nitrogen and oxygen atoms in total. The Morgan fingerprint density at radius 1 is 1.50 bits per heavy atom. The Balaban J connectivity index is 2.37. The summed E-state index contributed by atoms with van der Waals surface area (Å²) in [6, 6.07) is 5.36. The number of methoxy groups -OCH3 is 1. The fraction of sp³-hybridized carbons (Fsp3) is 0.500. The summed E-state index contributed by atoms with van der Waals surface area (Å²) in [6.45, 7) is 3.38. The second-order valence-electron chi connectivity index (χ2n) is 5.15. The number of rotatable bonds is 3. The topological polar surface area (TPSA) is 91.3 Å². The summed E-state index contributed by atoms with van der Waals surface area (Å²) in [5.74, 6) is 1.03. The van der Waals surface area contributed by atoms with E-state index in [0.29, 0.717) is 17.9 Å². The van der Waals surface area contributed by atoms with Crippen molar-refractivity contribution in [2.45, 2.75) is 19.4 Å². The molecule has 2 rings (SSSR count). The van der Waals surface area contributed by atoms with Crippen LogP contribution in [-0.2, 0) is 0 Å². The van der Waals surface area contributed by atoms with E-state index in [4.69, 9.17) is 15.7 Å². The van der Waals surface area contributed by atoms with E-state index in [0.717, 1.165) is 18.7 Å². The van der Waals surface area contributed by atoms with Gasteiger partial charge < -0.3 is 25.7 Å². The van der Waals surface area contributed by atoms with E-state index in [1.807, 2.05) is 17.9 Å². The molecule has 1 fully saturated rings. The Labute approximate surface area is 118 Å². The van der Waals surface area contributed by atoms with Gasteiger partial charge >= 0.3 is 0 Å². The van der Waals surface area contributed by atoms with Crippen LogP contribution < -0.4 is 15.4 Å². The van der Waals surface area contributed by atoms with Crippen molar-refractivity contribution in [2.75, 3.05) is 25.1 Å². The number of β-amino-alcohol motifs (C(OH)–C–C–N with tert-alkyl or cyclic N) is 1. The predicted octanol–water partition coefficient (Wildman–Crippen LogP) is 0.997. The van der Waals surface area contributed by atoms with Crippen LogP contribution in [0.15, 0.2) is 23.4 Å². The van der Waals surface area contributed by atoms with E-state index in [2.05, 4.69) is 5.16 Å². The average molecular weight is 279 g/mol. The summed E-state index contributed by atoms with van der Waals surface area (Å²) in [7, 11) is 1.59. The molecule has 20 heavy (non-hydrogen) atoms. The molecule has 1 saturated heterocycles. The van der Waals surface area contributed by atoms with Crippen molar-refractivity contribution >= 4 is 11.5 Å². The normalized spacial score (nSPS) is 23.8. The first kappa shape index (κ1) is 14.5. The van der Waals surface area contributed by atoms with Crippen LogP contribution >= 0.6 is 0 Å². The largest absolute Gasteiger partial charge is 0.497 e. The molecule has 0 amide bonds. The monoisotopic (exact) mass is 279 g/mol. The van der Waals surface area contributed by atoms with Crippen LogP contribution in [0, 0.1) is 5.92 Å². The second-order valence-corrected chi connectivity index (χ2v) is 5.15. The Morgan fingerprint density at radius 2 is 2.25 bits per heavy atom. The number of aliphatic hydroxyl groups is 1. The fourth-order valence-corrected chi connectivity index (χ4v) is 2.44. The third-order valence-electron chi connectivity index (χ3n) is 3.85. The molecule has 1 aromatic rings. The van der Waals surface area contributed by atoms with Crippen molar-refractivity contribution in [1.82, 2.24) is 0 Å². The van der Waals surface area contributed by atoms with Crippen molar-refractivity contribution in [3.05, 3.63) is 23.8 Å². The van der Waals surface area contributed by atoms with Crippen LogP contribution in [0.4, 0.5) is 5.69 Å². The van der Waals surface area contributed by atoms with Gasteiger partial charge in [0.1, 0.15) is 5.75 Å².